The van der Waals surface area contributed by atoms with Crippen LogP contribution in [-0.4, -0.2) is 12.0 Å². The van der Waals surface area contributed by atoms with Gasteiger partial charge >= 0.3 is 0 Å². The Morgan fingerprint density at radius 3 is 2.67 bits per heavy atom. The van der Waals surface area contributed by atoms with Crippen molar-refractivity contribution in [3.05, 3.63) is 62.7 Å². The number of halogens is 1. The highest BCUT2D eigenvalue weighted by Crippen LogP contribution is 2.27. The molecule has 0 aliphatic carbocycles. The van der Waals surface area contributed by atoms with Gasteiger partial charge < -0.3 is 10.1 Å². The lowest BCUT2D eigenvalue weighted by Gasteiger charge is -2.10. The second-order valence-corrected chi connectivity index (χ2v) is 4.99. The molecule has 0 bridgehead atoms. The molecule has 0 amide bonds. The van der Waals surface area contributed by atoms with E-state index in [4.69, 9.17) is 16.3 Å². The molecule has 0 aromatic heterocycles. The summed E-state index contributed by atoms with van der Waals surface area (Å²) in [6.45, 7) is 2.15. The van der Waals surface area contributed by atoms with Crippen molar-refractivity contribution >= 4 is 23.0 Å². The van der Waals surface area contributed by atoms with Gasteiger partial charge in [0.15, 0.2) is 0 Å². The number of hydrogen-bond donors (Lipinski definition) is 1. The van der Waals surface area contributed by atoms with Gasteiger partial charge in [0.25, 0.3) is 5.69 Å². The quantitative estimate of drug-likeness (QED) is 0.665. The van der Waals surface area contributed by atoms with Crippen LogP contribution in [0.2, 0.25) is 5.02 Å². The van der Waals surface area contributed by atoms with Gasteiger partial charge in [0.1, 0.15) is 18.0 Å². The van der Waals surface area contributed by atoms with E-state index in [9.17, 15) is 10.1 Å². The van der Waals surface area contributed by atoms with Crippen LogP contribution >= 0.6 is 11.6 Å². The largest absolute Gasteiger partial charge is 0.489 e. The molecule has 6 heteroatoms. The third-order valence-electron chi connectivity index (χ3n) is 3.06. The van der Waals surface area contributed by atoms with Crippen molar-refractivity contribution in [2.45, 2.75) is 13.5 Å². The number of aryl methyl sites for hydroxylation is 1. The minimum absolute atomic E-state index is 0.0337. The molecule has 2 aromatic carbocycles. The van der Waals surface area contributed by atoms with Crippen molar-refractivity contribution in [1.29, 1.82) is 0 Å². The van der Waals surface area contributed by atoms with Crippen LogP contribution in [0.3, 0.4) is 0 Å². The molecule has 0 aliphatic heterocycles. The minimum atomic E-state index is -0.414. The van der Waals surface area contributed by atoms with Crippen LogP contribution < -0.4 is 10.1 Å². The molecule has 0 heterocycles. The highest BCUT2D eigenvalue weighted by atomic mass is 35.5. The molecule has 2 aromatic rings. The molecule has 0 saturated heterocycles. The Morgan fingerprint density at radius 1 is 1.29 bits per heavy atom. The Kier molecular flexibility index (Phi) is 4.65. The molecular weight excluding hydrogens is 292 g/mol. The average molecular weight is 307 g/mol. The van der Waals surface area contributed by atoms with Crippen LogP contribution in [0.15, 0.2) is 36.4 Å². The first-order valence-electron chi connectivity index (χ1n) is 6.35. The van der Waals surface area contributed by atoms with E-state index in [0.29, 0.717) is 16.5 Å². The van der Waals surface area contributed by atoms with E-state index in [0.717, 1.165) is 11.1 Å². The third kappa shape index (κ3) is 3.64. The van der Waals surface area contributed by atoms with E-state index in [2.05, 4.69) is 5.32 Å². The Morgan fingerprint density at radius 2 is 2.05 bits per heavy atom. The summed E-state index contributed by atoms with van der Waals surface area (Å²) in [7, 11) is 1.65. The summed E-state index contributed by atoms with van der Waals surface area (Å²) in [5.41, 5.74) is 2.16. The van der Waals surface area contributed by atoms with Gasteiger partial charge in [-0.05, 0) is 42.3 Å². The number of benzene rings is 2. The molecule has 0 fully saturated rings. The number of nitro groups is 1. The summed E-state index contributed by atoms with van der Waals surface area (Å²) in [5, 5.41) is 14.5. The SMILES string of the molecule is CNc1ccc(COc2ccc(Cl)cc2C)cc1[N+](=O)[O-]. The Hall–Kier alpha value is -2.27. The average Bonchev–Trinajstić information content (AvgIpc) is 2.46. The molecule has 0 saturated carbocycles. The van der Waals surface area contributed by atoms with Crippen LogP contribution in [0.5, 0.6) is 5.75 Å². The summed E-state index contributed by atoms with van der Waals surface area (Å²) in [6.07, 6.45) is 0. The first kappa shape index (κ1) is 15.1. The van der Waals surface area contributed by atoms with E-state index < -0.39 is 4.92 Å². The number of nitrogens with zero attached hydrogens (tertiary/aromatic N) is 1. The van der Waals surface area contributed by atoms with Crippen LogP contribution in [0.4, 0.5) is 11.4 Å². The topological polar surface area (TPSA) is 64.4 Å². The number of anilines is 1. The Labute approximate surface area is 127 Å². The fraction of sp³-hybridized carbons (Fsp3) is 0.200. The van der Waals surface area contributed by atoms with Gasteiger partial charge in [0.2, 0.25) is 0 Å². The number of nitro benzene ring substituents is 1. The van der Waals surface area contributed by atoms with Gasteiger partial charge in [-0.2, -0.15) is 0 Å². The molecule has 110 valence electrons. The molecule has 0 radical (unpaired) electrons. The van der Waals surface area contributed by atoms with Crippen molar-refractivity contribution in [1.82, 2.24) is 0 Å². The summed E-state index contributed by atoms with van der Waals surface area (Å²) >= 11 is 5.89. The summed E-state index contributed by atoms with van der Waals surface area (Å²) < 4.78 is 5.68. The van der Waals surface area contributed by atoms with E-state index in [1.807, 2.05) is 13.0 Å². The smallest absolute Gasteiger partial charge is 0.292 e. The lowest BCUT2D eigenvalue weighted by molar-refractivity contribution is -0.384. The van der Waals surface area contributed by atoms with Crippen LogP contribution in [-0.2, 0) is 6.61 Å². The van der Waals surface area contributed by atoms with Gasteiger partial charge in [0.05, 0.1) is 4.92 Å². The molecular formula is C15H15ClN2O3. The van der Waals surface area contributed by atoms with Crippen molar-refractivity contribution in [2.75, 3.05) is 12.4 Å². The van der Waals surface area contributed by atoms with Gasteiger partial charge in [-0.1, -0.05) is 17.7 Å². The van der Waals surface area contributed by atoms with Crippen LogP contribution in [0, 0.1) is 17.0 Å². The third-order valence-corrected chi connectivity index (χ3v) is 3.29. The van der Waals surface area contributed by atoms with Gasteiger partial charge in [-0.15, -0.1) is 0 Å². The zero-order valence-corrected chi connectivity index (χ0v) is 12.5. The molecule has 21 heavy (non-hydrogen) atoms. The monoisotopic (exact) mass is 306 g/mol. The first-order chi connectivity index (χ1) is 10.0. The number of ether oxygens (including phenoxy) is 1. The predicted octanol–water partition coefficient (Wildman–Crippen LogP) is 4.18. The fourth-order valence-corrected chi connectivity index (χ4v) is 2.19. The molecule has 0 spiro atoms. The van der Waals surface area contributed by atoms with Crippen LogP contribution in [0.1, 0.15) is 11.1 Å². The van der Waals surface area contributed by atoms with Gasteiger partial charge in [-0.25, -0.2) is 0 Å². The maximum absolute atomic E-state index is 11.0. The molecule has 0 atom stereocenters. The van der Waals surface area contributed by atoms with Gasteiger partial charge in [-0.3, -0.25) is 10.1 Å². The number of rotatable bonds is 5. The molecule has 1 N–H and O–H groups in total. The Bertz CT molecular complexity index is 674. The second-order valence-electron chi connectivity index (χ2n) is 4.56. The minimum Gasteiger partial charge on any atom is -0.489 e. The molecule has 0 aliphatic rings. The zero-order valence-electron chi connectivity index (χ0n) is 11.7. The van der Waals surface area contributed by atoms with E-state index >= 15 is 0 Å². The number of hydrogen-bond acceptors (Lipinski definition) is 4. The van der Waals surface area contributed by atoms with E-state index in [1.54, 1.807) is 31.3 Å². The highest BCUT2D eigenvalue weighted by Gasteiger charge is 2.13. The summed E-state index contributed by atoms with van der Waals surface area (Å²) in [5.74, 6) is 0.708. The number of nitrogens with one attached hydrogen (secondary N) is 1. The van der Waals surface area contributed by atoms with E-state index in [1.165, 1.54) is 6.07 Å². The molecule has 5 nitrogen and oxygen atoms in total. The predicted molar refractivity (Wildman–Crippen MR) is 83.2 cm³/mol. The lowest BCUT2D eigenvalue weighted by atomic mass is 10.2. The second kappa shape index (κ2) is 6.45. The maximum atomic E-state index is 11.0. The van der Waals surface area contributed by atoms with Gasteiger partial charge in [0, 0.05) is 18.1 Å². The van der Waals surface area contributed by atoms with Crippen molar-refractivity contribution in [3.63, 3.8) is 0 Å². The zero-order chi connectivity index (χ0) is 15.4. The van der Waals surface area contributed by atoms with Crippen molar-refractivity contribution in [3.8, 4) is 5.75 Å². The van der Waals surface area contributed by atoms with Crippen molar-refractivity contribution in [2.24, 2.45) is 0 Å². The highest BCUT2D eigenvalue weighted by molar-refractivity contribution is 6.30. The molecule has 2 rings (SSSR count). The summed E-state index contributed by atoms with van der Waals surface area (Å²) in [6, 6.07) is 10.3. The van der Waals surface area contributed by atoms with Crippen molar-refractivity contribution < 1.29 is 9.66 Å². The van der Waals surface area contributed by atoms with Crippen LogP contribution in [0.25, 0.3) is 0 Å². The standard InChI is InChI=1S/C15H15ClN2O3/c1-10-7-12(16)4-6-15(10)21-9-11-3-5-13(17-2)14(8-11)18(19)20/h3-8,17H,9H2,1-2H3. The van der Waals surface area contributed by atoms with E-state index in [-0.39, 0.29) is 12.3 Å². The normalized spacial score (nSPS) is 10.2. The Balaban J connectivity index is 2.16. The lowest BCUT2D eigenvalue weighted by Crippen LogP contribution is -2.01. The first-order valence-corrected chi connectivity index (χ1v) is 6.73. The maximum Gasteiger partial charge on any atom is 0.292 e. The summed E-state index contributed by atoms with van der Waals surface area (Å²) in [4.78, 5) is 10.6. The molecule has 0 unspecified atom stereocenters. The fourth-order valence-electron chi connectivity index (χ4n) is 1.97.